The Labute approximate surface area is 102 Å². The second kappa shape index (κ2) is 4.15. The van der Waals surface area contributed by atoms with Crippen molar-refractivity contribution in [3.63, 3.8) is 0 Å². The number of rotatable bonds is 2. The van der Waals surface area contributed by atoms with Gasteiger partial charge in [-0.05, 0) is 51.8 Å². The van der Waals surface area contributed by atoms with E-state index in [0.29, 0.717) is 6.54 Å². The van der Waals surface area contributed by atoms with E-state index in [4.69, 9.17) is 4.42 Å². The number of fused-ring (bicyclic) bond motifs is 1. The largest absolute Gasteiger partial charge is 0.439 e. The molecule has 0 aliphatic rings. The third-order valence-corrected chi connectivity index (χ3v) is 2.63. The highest BCUT2D eigenvalue weighted by atomic mass is 16.3. The van der Waals surface area contributed by atoms with Crippen LogP contribution in [0.4, 0.5) is 0 Å². The van der Waals surface area contributed by atoms with Crippen molar-refractivity contribution in [2.24, 2.45) is 0 Å². The predicted molar refractivity (Wildman–Crippen MR) is 70.1 cm³/mol. The number of nitrogens with zero attached hydrogens (tertiary/aromatic N) is 1. The molecule has 0 amide bonds. The van der Waals surface area contributed by atoms with Crippen molar-refractivity contribution in [1.29, 1.82) is 0 Å². The van der Waals surface area contributed by atoms with Crippen molar-refractivity contribution in [3.05, 3.63) is 29.2 Å². The fourth-order valence-electron chi connectivity index (χ4n) is 1.84. The lowest BCUT2D eigenvalue weighted by Gasteiger charge is -2.18. The molecule has 1 heterocycles. The Hall–Kier alpha value is -1.35. The van der Waals surface area contributed by atoms with Crippen LogP contribution in [-0.4, -0.2) is 10.5 Å². The van der Waals surface area contributed by atoms with Crippen LogP contribution in [0.1, 0.15) is 37.8 Å². The average molecular weight is 232 g/mol. The number of aromatic nitrogens is 1. The number of benzene rings is 1. The number of nitrogens with one attached hydrogen (secondary N) is 1. The van der Waals surface area contributed by atoms with Gasteiger partial charge in [0.25, 0.3) is 0 Å². The van der Waals surface area contributed by atoms with Gasteiger partial charge < -0.3 is 9.73 Å². The molecule has 0 atom stereocenters. The molecule has 0 bridgehead atoms. The summed E-state index contributed by atoms with van der Waals surface area (Å²) in [5.74, 6) is 0.753. The van der Waals surface area contributed by atoms with E-state index in [0.717, 1.165) is 22.6 Å². The smallest absolute Gasteiger partial charge is 0.209 e. The minimum atomic E-state index is 0.0750. The minimum Gasteiger partial charge on any atom is -0.439 e. The third kappa shape index (κ3) is 2.86. The molecule has 0 aliphatic carbocycles. The third-order valence-electron chi connectivity index (χ3n) is 2.63. The minimum absolute atomic E-state index is 0.0750. The zero-order valence-electron chi connectivity index (χ0n) is 11.2. The Morgan fingerprint density at radius 3 is 2.59 bits per heavy atom. The van der Waals surface area contributed by atoms with Gasteiger partial charge in [-0.1, -0.05) is 6.07 Å². The van der Waals surface area contributed by atoms with Crippen molar-refractivity contribution in [1.82, 2.24) is 10.3 Å². The first-order valence-electron chi connectivity index (χ1n) is 5.97. The topological polar surface area (TPSA) is 38.1 Å². The highest BCUT2D eigenvalue weighted by Crippen LogP contribution is 2.21. The van der Waals surface area contributed by atoms with Crippen LogP contribution in [0.2, 0.25) is 0 Å². The Balaban J connectivity index is 2.29. The Bertz CT molecular complexity index is 535. The summed E-state index contributed by atoms with van der Waals surface area (Å²) in [7, 11) is 0. The molecule has 2 aromatic rings. The molecular formula is C14H20N2O. The van der Waals surface area contributed by atoms with Gasteiger partial charge in [-0.15, -0.1) is 0 Å². The van der Waals surface area contributed by atoms with E-state index in [-0.39, 0.29) is 5.54 Å². The quantitative estimate of drug-likeness (QED) is 0.863. The van der Waals surface area contributed by atoms with Gasteiger partial charge in [0.1, 0.15) is 5.52 Å². The van der Waals surface area contributed by atoms with E-state index in [9.17, 15) is 0 Å². The molecule has 0 fully saturated rings. The summed E-state index contributed by atoms with van der Waals surface area (Å²) in [6.07, 6.45) is 0. The maximum Gasteiger partial charge on any atom is 0.209 e. The van der Waals surface area contributed by atoms with E-state index in [2.05, 4.69) is 57.1 Å². The number of oxazole rings is 1. The second-order valence-corrected chi connectivity index (χ2v) is 5.64. The molecule has 1 N–H and O–H groups in total. The summed E-state index contributed by atoms with van der Waals surface area (Å²) in [6.45, 7) is 11.2. The van der Waals surface area contributed by atoms with Crippen LogP contribution < -0.4 is 5.32 Å². The van der Waals surface area contributed by atoms with Crippen molar-refractivity contribution in [3.8, 4) is 0 Å². The monoisotopic (exact) mass is 232 g/mol. The lowest BCUT2D eigenvalue weighted by atomic mass is 10.1. The maximum absolute atomic E-state index is 5.78. The summed E-state index contributed by atoms with van der Waals surface area (Å²) < 4.78 is 5.78. The Morgan fingerprint density at radius 1 is 1.24 bits per heavy atom. The van der Waals surface area contributed by atoms with E-state index < -0.39 is 0 Å². The molecule has 0 unspecified atom stereocenters. The fraction of sp³-hybridized carbons (Fsp3) is 0.500. The predicted octanol–water partition coefficient (Wildman–Crippen LogP) is 3.33. The first-order chi connectivity index (χ1) is 7.85. The summed E-state index contributed by atoms with van der Waals surface area (Å²) in [6, 6.07) is 4.18. The molecule has 2 rings (SSSR count). The van der Waals surface area contributed by atoms with Crippen molar-refractivity contribution in [2.75, 3.05) is 0 Å². The van der Waals surface area contributed by atoms with Crippen molar-refractivity contribution < 1.29 is 4.42 Å². The van der Waals surface area contributed by atoms with Crippen LogP contribution >= 0.6 is 0 Å². The molecule has 0 aliphatic heterocycles. The molecule has 3 heteroatoms. The molecule has 92 valence electrons. The van der Waals surface area contributed by atoms with Crippen LogP contribution in [0, 0.1) is 13.8 Å². The summed E-state index contributed by atoms with van der Waals surface area (Å²) >= 11 is 0. The van der Waals surface area contributed by atoms with Gasteiger partial charge in [0.2, 0.25) is 5.89 Å². The average Bonchev–Trinajstić information content (AvgIpc) is 2.56. The molecule has 0 spiro atoms. The van der Waals surface area contributed by atoms with Gasteiger partial charge in [0.05, 0.1) is 6.54 Å². The lowest BCUT2D eigenvalue weighted by molar-refractivity contribution is 0.388. The fourth-order valence-corrected chi connectivity index (χ4v) is 1.84. The Morgan fingerprint density at radius 2 is 1.94 bits per heavy atom. The van der Waals surface area contributed by atoms with Gasteiger partial charge in [-0.3, -0.25) is 0 Å². The van der Waals surface area contributed by atoms with E-state index in [1.165, 1.54) is 5.56 Å². The van der Waals surface area contributed by atoms with Crippen LogP contribution in [0.3, 0.4) is 0 Å². The lowest BCUT2D eigenvalue weighted by Crippen LogP contribution is -2.35. The van der Waals surface area contributed by atoms with E-state index in [1.54, 1.807) is 0 Å². The first kappa shape index (κ1) is 12.1. The second-order valence-electron chi connectivity index (χ2n) is 5.64. The van der Waals surface area contributed by atoms with Crippen LogP contribution in [0.15, 0.2) is 16.5 Å². The first-order valence-corrected chi connectivity index (χ1v) is 5.97. The molecule has 1 aromatic carbocycles. The summed E-state index contributed by atoms with van der Waals surface area (Å²) in [5.41, 5.74) is 4.30. The van der Waals surface area contributed by atoms with E-state index >= 15 is 0 Å². The van der Waals surface area contributed by atoms with Crippen LogP contribution in [0.5, 0.6) is 0 Å². The molecule has 1 aromatic heterocycles. The molecule has 0 radical (unpaired) electrons. The van der Waals surface area contributed by atoms with Crippen LogP contribution in [-0.2, 0) is 6.54 Å². The number of hydrogen-bond donors (Lipinski definition) is 1. The van der Waals surface area contributed by atoms with Gasteiger partial charge in [-0.2, -0.15) is 0 Å². The molecule has 17 heavy (non-hydrogen) atoms. The molecular weight excluding hydrogens is 212 g/mol. The summed E-state index contributed by atoms with van der Waals surface area (Å²) in [4.78, 5) is 4.51. The van der Waals surface area contributed by atoms with E-state index in [1.807, 2.05) is 0 Å². The molecule has 0 saturated heterocycles. The number of aryl methyl sites for hydroxylation is 2. The maximum atomic E-state index is 5.78. The molecule has 3 nitrogen and oxygen atoms in total. The van der Waals surface area contributed by atoms with Gasteiger partial charge in [0, 0.05) is 5.54 Å². The zero-order valence-corrected chi connectivity index (χ0v) is 11.2. The normalized spacial score (nSPS) is 12.3. The SMILES string of the molecule is Cc1cc(C)c2oc(CNC(C)(C)C)nc2c1. The highest BCUT2D eigenvalue weighted by molar-refractivity contribution is 5.77. The van der Waals surface area contributed by atoms with Crippen molar-refractivity contribution in [2.45, 2.75) is 46.7 Å². The van der Waals surface area contributed by atoms with Gasteiger partial charge in [0.15, 0.2) is 5.58 Å². The Kier molecular flexibility index (Phi) is 2.96. The summed E-state index contributed by atoms with van der Waals surface area (Å²) in [5, 5.41) is 3.38. The van der Waals surface area contributed by atoms with Crippen LogP contribution in [0.25, 0.3) is 11.1 Å². The highest BCUT2D eigenvalue weighted by Gasteiger charge is 2.12. The van der Waals surface area contributed by atoms with Gasteiger partial charge in [-0.25, -0.2) is 4.98 Å². The molecule has 0 saturated carbocycles. The zero-order chi connectivity index (χ0) is 12.6. The van der Waals surface area contributed by atoms with Gasteiger partial charge >= 0.3 is 0 Å². The van der Waals surface area contributed by atoms with Crippen molar-refractivity contribution >= 4 is 11.1 Å². The standard InChI is InChI=1S/C14H20N2O/c1-9-6-10(2)13-11(7-9)16-12(17-13)8-15-14(3,4)5/h6-7,15H,8H2,1-5H3. The number of hydrogen-bond acceptors (Lipinski definition) is 3.